The summed E-state index contributed by atoms with van der Waals surface area (Å²) < 4.78 is 5.64. The smallest absolute Gasteiger partial charge is 0.115 e. The van der Waals surface area contributed by atoms with Crippen molar-refractivity contribution < 1.29 is 4.74 Å². The Labute approximate surface area is 94.2 Å². The minimum Gasteiger partial charge on any atom is -0.494 e. The first kappa shape index (κ1) is 12.4. The summed E-state index contributed by atoms with van der Waals surface area (Å²) in [5, 5.41) is 0. The van der Waals surface area contributed by atoms with Gasteiger partial charge in [-0.3, -0.25) is 0 Å². The fraction of sp³-hybridized carbons (Fsp3) is 0.643. The Bertz CT molecular complexity index is 203. The molecule has 0 atom stereocenters. The first-order valence-electron chi connectivity index (χ1n) is 6.26. The van der Waals surface area contributed by atoms with Crippen molar-refractivity contribution in [2.75, 3.05) is 6.61 Å². The maximum atomic E-state index is 5.64. The van der Waals surface area contributed by atoms with E-state index < -0.39 is 0 Å². The van der Waals surface area contributed by atoms with E-state index in [0.29, 0.717) is 0 Å². The lowest BCUT2D eigenvalue weighted by atomic mass is 10.1. The molecule has 0 saturated heterocycles. The third-order valence-electron chi connectivity index (χ3n) is 2.62. The highest BCUT2D eigenvalue weighted by Gasteiger charge is 1.97. The monoisotopic (exact) mass is 207 g/mol. The minimum absolute atomic E-state index is 0.877. The molecule has 0 aromatic rings. The molecule has 0 aromatic heterocycles. The third-order valence-corrected chi connectivity index (χ3v) is 2.62. The van der Waals surface area contributed by atoms with Crippen LogP contribution in [-0.2, 0) is 4.74 Å². The minimum atomic E-state index is 0.877. The van der Waals surface area contributed by atoms with Gasteiger partial charge in [-0.25, -0.2) is 0 Å². The topological polar surface area (TPSA) is 9.23 Å². The summed E-state index contributed by atoms with van der Waals surface area (Å²) in [6.07, 6.45) is 17.3. The number of hydrogen-bond acceptors (Lipinski definition) is 1. The zero-order valence-electron chi connectivity index (χ0n) is 9.87. The highest BCUT2D eigenvalue weighted by molar-refractivity contribution is 5.21. The number of ether oxygens (including phenoxy) is 1. The van der Waals surface area contributed by atoms with Crippen LogP contribution in [0, 0.1) is 6.42 Å². The summed E-state index contributed by atoms with van der Waals surface area (Å²) in [5.74, 6) is 1.05. The number of rotatable bonds is 8. The molecule has 1 rings (SSSR count). The largest absolute Gasteiger partial charge is 0.494 e. The fourth-order valence-electron chi connectivity index (χ4n) is 1.67. The van der Waals surface area contributed by atoms with E-state index in [4.69, 9.17) is 4.74 Å². The van der Waals surface area contributed by atoms with Crippen LogP contribution < -0.4 is 0 Å². The van der Waals surface area contributed by atoms with Gasteiger partial charge in [0.2, 0.25) is 0 Å². The van der Waals surface area contributed by atoms with Crippen molar-refractivity contribution in [3.8, 4) is 0 Å². The highest BCUT2D eigenvalue weighted by Crippen LogP contribution is 2.11. The summed E-state index contributed by atoms with van der Waals surface area (Å²) >= 11 is 0. The number of unbranched alkanes of at least 4 members (excludes halogenated alkanes) is 5. The normalized spacial score (nSPS) is 15.1. The van der Waals surface area contributed by atoms with Gasteiger partial charge in [0, 0.05) is 0 Å². The average molecular weight is 207 g/mol. The molecule has 0 aliphatic heterocycles. The van der Waals surface area contributed by atoms with Crippen molar-refractivity contribution in [3.05, 3.63) is 30.4 Å². The van der Waals surface area contributed by atoms with E-state index in [0.717, 1.165) is 18.8 Å². The molecule has 1 nitrogen and oxygen atoms in total. The number of allylic oxidation sites excluding steroid dienone is 3. The molecule has 0 heterocycles. The molecule has 15 heavy (non-hydrogen) atoms. The van der Waals surface area contributed by atoms with Crippen LogP contribution in [0.25, 0.3) is 0 Å². The van der Waals surface area contributed by atoms with Crippen molar-refractivity contribution in [1.82, 2.24) is 0 Å². The van der Waals surface area contributed by atoms with Crippen LogP contribution in [0.15, 0.2) is 24.0 Å². The van der Waals surface area contributed by atoms with E-state index in [2.05, 4.69) is 25.5 Å². The standard InChI is InChI=1S/C14H23O/c1-2-3-4-5-6-10-13-15-14-11-8-7-9-12-14/h7-8,11-12H,2-6,9-10,13H2,1H3. The lowest BCUT2D eigenvalue weighted by Gasteiger charge is -2.09. The maximum Gasteiger partial charge on any atom is 0.115 e. The van der Waals surface area contributed by atoms with Gasteiger partial charge >= 0.3 is 0 Å². The van der Waals surface area contributed by atoms with Crippen LogP contribution in [0.4, 0.5) is 0 Å². The van der Waals surface area contributed by atoms with Gasteiger partial charge in [-0.05, 0) is 31.4 Å². The van der Waals surface area contributed by atoms with Crippen molar-refractivity contribution in [3.63, 3.8) is 0 Å². The van der Waals surface area contributed by atoms with Gasteiger partial charge in [0.1, 0.15) is 5.76 Å². The Morgan fingerprint density at radius 3 is 2.67 bits per heavy atom. The van der Waals surface area contributed by atoms with E-state index in [-0.39, 0.29) is 0 Å². The predicted octanol–water partition coefficient (Wildman–Crippen LogP) is 4.41. The van der Waals surface area contributed by atoms with E-state index >= 15 is 0 Å². The van der Waals surface area contributed by atoms with Gasteiger partial charge in [0.05, 0.1) is 6.61 Å². The molecule has 0 aromatic carbocycles. The van der Waals surface area contributed by atoms with Gasteiger partial charge in [0.25, 0.3) is 0 Å². The van der Waals surface area contributed by atoms with Gasteiger partial charge in [-0.2, -0.15) is 0 Å². The van der Waals surface area contributed by atoms with Gasteiger partial charge in [-0.1, -0.05) is 45.1 Å². The van der Waals surface area contributed by atoms with Crippen LogP contribution in [-0.4, -0.2) is 6.61 Å². The van der Waals surface area contributed by atoms with Crippen LogP contribution in [0.5, 0.6) is 0 Å². The van der Waals surface area contributed by atoms with Crippen molar-refractivity contribution in [2.24, 2.45) is 0 Å². The Morgan fingerprint density at radius 1 is 1.13 bits per heavy atom. The molecule has 0 saturated carbocycles. The van der Waals surface area contributed by atoms with E-state index in [1.807, 2.05) is 6.08 Å². The molecule has 0 bridgehead atoms. The summed E-state index contributed by atoms with van der Waals surface area (Å²) in [6.45, 7) is 3.13. The Hall–Kier alpha value is -0.720. The maximum absolute atomic E-state index is 5.64. The van der Waals surface area contributed by atoms with Crippen molar-refractivity contribution >= 4 is 0 Å². The molecule has 0 amide bonds. The molecule has 1 aliphatic rings. The molecule has 1 radical (unpaired) electrons. The zero-order chi connectivity index (χ0) is 10.8. The van der Waals surface area contributed by atoms with Crippen LogP contribution >= 0.6 is 0 Å². The molecule has 85 valence electrons. The number of hydrogen-bond donors (Lipinski definition) is 0. The van der Waals surface area contributed by atoms with Crippen LogP contribution in [0.3, 0.4) is 0 Å². The lowest BCUT2D eigenvalue weighted by Crippen LogP contribution is -1.95. The Balaban J connectivity index is 1.88. The van der Waals surface area contributed by atoms with Gasteiger partial charge in [0.15, 0.2) is 0 Å². The molecule has 0 fully saturated rings. The van der Waals surface area contributed by atoms with Crippen molar-refractivity contribution in [2.45, 2.75) is 51.9 Å². The van der Waals surface area contributed by atoms with Gasteiger partial charge in [-0.15, -0.1) is 0 Å². The van der Waals surface area contributed by atoms with Crippen LogP contribution in [0.1, 0.15) is 51.9 Å². The summed E-state index contributed by atoms with van der Waals surface area (Å²) in [7, 11) is 0. The van der Waals surface area contributed by atoms with Crippen LogP contribution in [0.2, 0.25) is 0 Å². The fourth-order valence-corrected chi connectivity index (χ4v) is 1.67. The molecule has 0 spiro atoms. The second-order valence-electron chi connectivity index (χ2n) is 4.05. The Morgan fingerprint density at radius 2 is 1.93 bits per heavy atom. The summed E-state index contributed by atoms with van der Waals surface area (Å²) in [5.41, 5.74) is 0. The first-order valence-corrected chi connectivity index (χ1v) is 6.26. The second kappa shape index (κ2) is 8.58. The lowest BCUT2D eigenvalue weighted by molar-refractivity contribution is 0.215. The van der Waals surface area contributed by atoms with Gasteiger partial charge < -0.3 is 4.74 Å². The summed E-state index contributed by atoms with van der Waals surface area (Å²) in [4.78, 5) is 0. The van der Waals surface area contributed by atoms with E-state index in [9.17, 15) is 0 Å². The predicted molar refractivity (Wildman–Crippen MR) is 65.5 cm³/mol. The van der Waals surface area contributed by atoms with E-state index in [1.165, 1.54) is 38.5 Å². The quantitative estimate of drug-likeness (QED) is 0.536. The van der Waals surface area contributed by atoms with E-state index in [1.54, 1.807) is 0 Å². The molecule has 0 unspecified atom stereocenters. The summed E-state index contributed by atoms with van der Waals surface area (Å²) in [6, 6.07) is 0. The molecular formula is C14H23O. The Kier molecular flexibility index (Phi) is 7.06. The molecular weight excluding hydrogens is 184 g/mol. The van der Waals surface area contributed by atoms with Crippen molar-refractivity contribution in [1.29, 1.82) is 0 Å². The third kappa shape index (κ3) is 6.38. The average Bonchev–Trinajstić information content (AvgIpc) is 2.29. The molecule has 1 heteroatoms. The SMILES string of the molecule is CCCCCCCCOC1=CC[CH]C=C1. The zero-order valence-corrected chi connectivity index (χ0v) is 9.87. The molecule has 1 aliphatic carbocycles. The first-order chi connectivity index (χ1) is 7.43. The second-order valence-corrected chi connectivity index (χ2v) is 4.05. The highest BCUT2D eigenvalue weighted by atomic mass is 16.5. The molecule has 0 N–H and O–H groups in total.